The molecule has 1 N–H and O–H groups in total. The lowest BCUT2D eigenvalue weighted by molar-refractivity contribution is 0.0951. The van der Waals surface area contributed by atoms with Crippen molar-refractivity contribution in [3.05, 3.63) is 82.7 Å². The van der Waals surface area contributed by atoms with Gasteiger partial charge in [0.05, 0.1) is 6.20 Å². The van der Waals surface area contributed by atoms with E-state index < -0.39 is 29.0 Å². The predicted octanol–water partition coefficient (Wildman–Crippen LogP) is 3.49. The van der Waals surface area contributed by atoms with E-state index >= 15 is 0 Å². The molecule has 0 fully saturated rings. The molecule has 0 atom stereocenters. The summed E-state index contributed by atoms with van der Waals surface area (Å²) in [6.07, 6.45) is 3.41. The maximum absolute atomic E-state index is 13.6. The van der Waals surface area contributed by atoms with E-state index in [2.05, 4.69) is 10.4 Å². The molecule has 3 aromatic rings. The highest BCUT2D eigenvalue weighted by Gasteiger charge is 2.20. The molecule has 28 heavy (non-hydrogen) atoms. The lowest BCUT2D eigenvalue weighted by Gasteiger charge is -2.10. The van der Waals surface area contributed by atoms with E-state index in [1.807, 2.05) is 0 Å². The smallest absolute Gasteiger partial charge is 0.251 e. The minimum absolute atomic E-state index is 0.108. The van der Waals surface area contributed by atoms with Crippen molar-refractivity contribution in [2.24, 2.45) is 7.05 Å². The highest BCUT2D eigenvalue weighted by molar-refractivity contribution is 5.94. The van der Waals surface area contributed by atoms with Crippen LogP contribution in [0.4, 0.5) is 17.6 Å². The van der Waals surface area contributed by atoms with Crippen LogP contribution in [0.15, 0.2) is 42.7 Å². The van der Waals surface area contributed by atoms with Gasteiger partial charge in [-0.25, -0.2) is 8.78 Å². The van der Waals surface area contributed by atoms with Gasteiger partial charge in [-0.3, -0.25) is 9.48 Å². The number of ether oxygens (including phenoxy) is 1. The van der Waals surface area contributed by atoms with Gasteiger partial charge in [0.1, 0.15) is 6.61 Å². The molecule has 0 aliphatic rings. The van der Waals surface area contributed by atoms with E-state index in [0.717, 1.165) is 5.56 Å². The summed E-state index contributed by atoms with van der Waals surface area (Å²) in [6.45, 7) is -0.0322. The number of hydrogen-bond acceptors (Lipinski definition) is 3. The Morgan fingerprint density at radius 2 is 1.71 bits per heavy atom. The monoisotopic (exact) mass is 393 g/mol. The van der Waals surface area contributed by atoms with Gasteiger partial charge in [-0.15, -0.1) is 0 Å². The Labute approximate surface area is 157 Å². The molecule has 0 spiro atoms. The number of benzene rings is 2. The summed E-state index contributed by atoms with van der Waals surface area (Å²) in [7, 11) is 1.77. The number of carbonyl (C=O) groups excluding carboxylic acids is 1. The molecule has 0 saturated heterocycles. The Hall–Kier alpha value is -3.36. The molecule has 0 bridgehead atoms. The van der Waals surface area contributed by atoms with Crippen molar-refractivity contribution in [1.82, 2.24) is 15.1 Å². The molecule has 1 amide bonds. The number of aryl methyl sites for hydroxylation is 1. The molecule has 2 aromatic carbocycles. The summed E-state index contributed by atoms with van der Waals surface area (Å²) in [5.41, 5.74) is 1.65. The van der Waals surface area contributed by atoms with Crippen LogP contribution in [0, 0.1) is 23.3 Å². The second-order valence-corrected chi connectivity index (χ2v) is 5.99. The van der Waals surface area contributed by atoms with Crippen LogP contribution in [0.25, 0.3) is 0 Å². The van der Waals surface area contributed by atoms with Crippen molar-refractivity contribution in [3.8, 4) is 5.75 Å². The van der Waals surface area contributed by atoms with Crippen molar-refractivity contribution in [3.63, 3.8) is 0 Å². The summed E-state index contributed by atoms with van der Waals surface area (Å²) in [4.78, 5) is 12.1. The fourth-order valence-corrected chi connectivity index (χ4v) is 2.43. The van der Waals surface area contributed by atoms with Crippen LogP contribution < -0.4 is 10.1 Å². The molecule has 3 rings (SSSR count). The van der Waals surface area contributed by atoms with E-state index in [-0.39, 0.29) is 18.6 Å². The number of aromatic nitrogens is 2. The summed E-state index contributed by atoms with van der Waals surface area (Å²) in [6, 6.07) is 6.11. The van der Waals surface area contributed by atoms with Crippen LogP contribution in [0.5, 0.6) is 5.75 Å². The van der Waals surface area contributed by atoms with Crippen LogP contribution in [0.3, 0.4) is 0 Å². The van der Waals surface area contributed by atoms with Crippen molar-refractivity contribution in [2.75, 3.05) is 0 Å². The number of rotatable bonds is 6. The minimum atomic E-state index is -1.61. The second kappa shape index (κ2) is 8.12. The Balaban J connectivity index is 1.61. The Morgan fingerprint density at radius 3 is 2.29 bits per heavy atom. The quantitative estimate of drug-likeness (QED) is 0.515. The van der Waals surface area contributed by atoms with Gasteiger partial charge in [0.15, 0.2) is 17.4 Å². The van der Waals surface area contributed by atoms with Crippen LogP contribution in [0.1, 0.15) is 21.5 Å². The van der Waals surface area contributed by atoms with Gasteiger partial charge in [0, 0.05) is 37.0 Å². The van der Waals surface area contributed by atoms with Crippen LogP contribution >= 0.6 is 0 Å². The fraction of sp³-hybridized carbons (Fsp3) is 0.158. The van der Waals surface area contributed by atoms with E-state index in [1.165, 1.54) is 24.3 Å². The highest BCUT2D eigenvalue weighted by Crippen LogP contribution is 2.27. The summed E-state index contributed by atoms with van der Waals surface area (Å²) < 4.78 is 60.0. The van der Waals surface area contributed by atoms with Gasteiger partial charge in [0.2, 0.25) is 11.6 Å². The van der Waals surface area contributed by atoms with Gasteiger partial charge < -0.3 is 10.1 Å². The Kier molecular flexibility index (Phi) is 5.62. The summed E-state index contributed by atoms with van der Waals surface area (Å²) >= 11 is 0. The molecule has 0 saturated carbocycles. The van der Waals surface area contributed by atoms with Gasteiger partial charge in [0.25, 0.3) is 5.91 Å². The standard InChI is InChI=1S/C19H15F4N3O2/c1-26-9-12(8-25-26)7-24-19(27)13-4-2-11(3-5-13)10-28-18-16(22)14(20)6-15(21)17(18)23/h2-6,8-9H,7,10H2,1H3,(H,24,27). The molecule has 0 aliphatic carbocycles. The van der Waals surface area contributed by atoms with Crippen molar-refractivity contribution < 1.29 is 27.1 Å². The normalized spacial score (nSPS) is 10.8. The first-order valence-corrected chi connectivity index (χ1v) is 8.15. The molecule has 5 nitrogen and oxygen atoms in total. The van der Waals surface area contributed by atoms with Crippen molar-refractivity contribution >= 4 is 5.91 Å². The number of amides is 1. The highest BCUT2D eigenvalue weighted by atomic mass is 19.2. The number of nitrogens with one attached hydrogen (secondary N) is 1. The van der Waals surface area contributed by atoms with Crippen LogP contribution in [0.2, 0.25) is 0 Å². The minimum Gasteiger partial charge on any atom is -0.483 e. The molecule has 9 heteroatoms. The van der Waals surface area contributed by atoms with Gasteiger partial charge in [-0.1, -0.05) is 12.1 Å². The number of hydrogen-bond donors (Lipinski definition) is 1. The molecular formula is C19H15F4N3O2. The van der Waals surface area contributed by atoms with Crippen LogP contribution in [-0.2, 0) is 20.2 Å². The molecule has 0 radical (unpaired) electrons. The van der Waals surface area contributed by atoms with Crippen molar-refractivity contribution in [1.29, 1.82) is 0 Å². The zero-order valence-corrected chi connectivity index (χ0v) is 14.7. The lowest BCUT2D eigenvalue weighted by atomic mass is 10.1. The average molecular weight is 393 g/mol. The maximum Gasteiger partial charge on any atom is 0.251 e. The average Bonchev–Trinajstić information content (AvgIpc) is 3.10. The number of nitrogens with zero attached hydrogens (tertiary/aromatic N) is 2. The number of carbonyl (C=O) groups is 1. The largest absolute Gasteiger partial charge is 0.483 e. The third-order valence-electron chi connectivity index (χ3n) is 3.88. The molecule has 1 heterocycles. The van der Waals surface area contributed by atoms with Crippen molar-refractivity contribution in [2.45, 2.75) is 13.2 Å². The van der Waals surface area contributed by atoms with Crippen LogP contribution in [-0.4, -0.2) is 15.7 Å². The predicted molar refractivity (Wildman–Crippen MR) is 91.4 cm³/mol. The molecular weight excluding hydrogens is 378 g/mol. The third-order valence-corrected chi connectivity index (χ3v) is 3.88. The summed E-state index contributed by atoms with van der Waals surface area (Å²) in [5, 5.41) is 6.73. The van der Waals surface area contributed by atoms with Gasteiger partial charge in [-0.2, -0.15) is 13.9 Å². The molecule has 0 unspecified atom stereocenters. The molecule has 0 aliphatic heterocycles. The van der Waals surface area contributed by atoms with E-state index in [4.69, 9.17) is 4.74 Å². The number of halogens is 4. The molecule has 146 valence electrons. The zero-order chi connectivity index (χ0) is 20.3. The molecule has 1 aromatic heterocycles. The third kappa shape index (κ3) is 4.30. The summed E-state index contributed by atoms with van der Waals surface area (Å²) in [5.74, 6) is -7.75. The Bertz CT molecular complexity index is 977. The first-order valence-electron chi connectivity index (χ1n) is 8.15. The van der Waals surface area contributed by atoms with Gasteiger partial charge in [-0.05, 0) is 17.7 Å². The SMILES string of the molecule is Cn1cc(CNC(=O)c2ccc(COc3c(F)c(F)cc(F)c3F)cc2)cn1. The van der Waals surface area contributed by atoms with E-state index in [1.54, 1.807) is 24.1 Å². The van der Waals surface area contributed by atoms with E-state index in [0.29, 0.717) is 17.7 Å². The van der Waals surface area contributed by atoms with Gasteiger partial charge >= 0.3 is 0 Å². The second-order valence-electron chi connectivity index (χ2n) is 5.99. The topological polar surface area (TPSA) is 56.2 Å². The first kappa shape index (κ1) is 19.4. The maximum atomic E-state index is 13.6. The Morgan fingerprint density at radius 1 is 1.07 bits per heavy atom. The van der Waals surface area contributed by atoms with E-state index in [9.17, 15) is 22.4 Å². The lowest BCUT2D eigenvalue weighted by Crippen LogP contribution is -2.22. The zero-order valence-electron chi connectivity index (χ0n) is 14.7. The fourth-order valence-electron chi connectivity index (χ4n) is 2.43. The first-order chi connectivity index (χ1) is 13.3.